The average Bonchev–Trinajstić information content (AvgIpc) is 3.11. The number of hydrogen-bond acceptors (Lipinski definition) is 6. The van der Waals surface area contributed by atoms with Gasteiger partial charge in [-0.15, -0.1) is 0 Å². The van der Waals surface area contributed by atoms with Crippen LogP contribution in [0.2, 0.25) is 0 Å². The van der Waals surface area contributed by atoms with Crippen molar-refractivity contribution in [2.24, 2.45) is 9.98 Å². The molecule has 0 radical (unpaired) electrons. The van der Waals surface area contributed by atoms with Crippen LogP contribution in [0.15, 0.2) is 58.5 Å². The quantitative estimate of drug-likeness (QED) is 0.522. The Kier molecular flexibility index (Phi) is 8.33. The molecule has 32 heavy (non-hydrogen) atoms. The van der Waals surface area contributed by atoms with Gasteiger partial charge in [0.2, 0.25) is 5.91 Å². The highest BCUT2D eigenvalue weighted by molar-refractivity contribution is 8.16. The van der Waals surface area contributed by atoms with E-state index >= 15 is 0 Å². The third-order valence-electron chi connectivity index (χ3n) is 4.85. The fourth-order valence-electron chi connectivity index (χ4n) is 3.11. The molecule has 2 aromatic carbocycles. The van der Waals surface area contributed by atoms with Gasteiger partial charge in [0, 0.05) is 12.1 Å². The van der Waals surface area contributed by atoms with Crippen molar-refractivity contribution in [1.29, 1.82) is 0 Å². The molecule has 7 heteroatoms. The number of unbranched alkanes of at least 4 members (excludes halogenated alkanes) is 1. The monoisotopic (exact) mass is 453 g/mol. The summed E-state index contributed by atoms with van der Waals surface area (Å²) >= 11 is 1.42. The zero-order chi connectivity index (χ0) is 23.0. The summed E-state index contributed by atoms with van der Waals surface area (Å²) < 4.78 is 10.9. The standard InChI is InChI=1S/C25H31N3O3S/c1-5-6-15-31-21-13-9-19(10-14-21)23-24(28-25(2,3)27-23)32-17-22(29)26-16-18-7-11-20(30-4)12-8-18/h7-14H,5-6,15-17H2,1-4H3,(H,26,29). The van der Waals surface area contributed by atoms with Crippen molar-refractivity contribution in [3.63, 3.8) is 0 Å². The smallest absolute Gasteiger partial charge is 0.230 e. The van der Waals surface area contributed by atoms with Crippen molar-refractivity contribution in [3.05, 3.63) is 59.7 Å². The molecular formula is C25H31N3O3S. The van der Waals surface area contributed by atoms with Gasteiger partial charge in [-0.3, -0.25) is 9.79 Å². The molecule has 0 atom stereocenters. The van der Waals surface area contributed by atoms with Crippen LogP contribution < -0.4 is 14.8 Å². The van der Waals surface area contributed by atoms with E-state index in [1.54, 1.807) is 7.11 Å². The average molecular weight is 454 g/mol. The number of amides is 1. The van der Waals surface area contributed by atoms with Gasteiger partial charge in [0.15, 0.2) is 0 Å². The minimum Gasteiger partial charge on any atom is -0.497 e. The summed E-state index contributed by atoms with van der Waals surface area (Å²) in [4.78, 5) is 21.9. The molecular weight excluding hydrogens is 422 g/mol. The van der Waals surface area contributed by atoms with Crippen LogP contribution in [-0.4, -0.2) is 41.8 Å². The normalized spacial score (nSPS) is 14.5. The molecule has 6 nitrogen and oxygen atoms in total. The van der Waals surface area contributed by atoms with Crippen LogP contribution in [0.4, 0.5) is 0 Å². The molecule has 170 valence electrons. The van der Waals surface area contributed by atoms with E-state index in [0.717, 1.165) is 52.8 Å². The zero-order valence-corrected chi connectivity index (χ0v) is 20.0. The van der Waals surface area contributed by atoms with Gasteiger partial charge in [0.25, 0.3) is 0 Å². The number of carbonyl (C=O) groups is 1. The summed E-state index contributed by atoms with van der Waals surface area (Å²) in [7, 11) is 1.63. The van der Waals surface area contributed by atoms with Gasteiger partial charge in [-0.25, -0.2) is 4.99 Å². The number of hydrogen-bond donors (Lipinski definition) is 1. The number of carbonyl (C=O) groups excluding carboxylic acids is 1. The van der Waals surface area contributed by atoms with Gasteiger partial charge < -0.3 is 14.8 Å². The summed E-state index contributed by atoms with van der Waals surface area (Å²) in [6.45, 7) is 7.27. The first-order valence-electron chi connectivity index (χ1n) is 10.9. The Morgan fingerprint density at radius 2 is 1.72 bits per heavy atom. The fraction of sp³-hybridized carbons (Fsp3) is 0.400. The van der Waals surface area contributed by atoms with Gasteiger partial charge in [0.05, 0.1) is 25.2 Å². The van der Waals surface area contributed by atoms with Gasteiger partial charge in [0.1, 0.15) is 22.2 Å². The maximum Gasteiger partial charge on any atom is 0.230 e. The number of ether oxygens (including phenoxy) is 2. The molecule has 0 spiro atoms. The summed E-state index contributed by atoms with van der Waals surface area (Å²) in [5.74, 6) is 1.88. The third-order valence-corrected chi connectivity index (χ3v) is 5.81. The number of thioether (sulfide) groups is 1. The van der Waals surface area contributed by atoms with Crippen LogP contribution in [0.3, 0.4) is 0 Å². The van der Waals surface area contributed by atoms with Crippen molar-refractivity contribution in [3.8, 4) is 11.5 Å². The van der Waals surface area contributed by atoms with Crippen LogP contribution in [-0.2, 0) is 11.3 Å². The van der Waals surface area contributed by atoms with E-state index in [1.165, 1.54) is 11.8 Å². The number of nitrogens with zero attached hydrogens (tertiary/aromatic N) is 2. The van der Waals surface area contributed by atoms with E-state index in [4.69, 9.17) is 19.5 Å². The predicted octanol–water partition coefficient (Wildman–Crippen LogP) is 4.86. The largest absolute Gasteiger partial charge is 0.497 e. The molecule has 2 aromatic rings. The summed E-state index contributed by atoms with van der Waals surface area (Å²) in [6, 6.07) is 15.6. The number of rotatable bonds is 10. The predicted molar refractivity (Wildman–Crippen MR) is 132 cm³/mol. The lowest BCUT2D eigenvalue weighted by Crippen LogP contribution is -2.25. The highest BCUT2D eigenvalue weighted by Gasteiger charge is 2.28. The van der Waals surface area contributed by atoms with E-state index in [0.29, 0.717) is 6.54 Å². The highest BCUT2D eigenvalue weighted by atomic mass is 32.2. The Bertz CT molecular complexity index is 967. The molecule has 0 aliphatic carbocycles. The second-order valence-electron chi connectivity index (χ2n) is 8.01. The summed E-state index contributed by atoms with van der Waals surface area (Å²) in [6.07, 6.45) is 2.14. The van der Waals surface area contributed by atoms with Gasteiger partial charge in [-0.05, 0) is 62.2 Å². The Hall–Kier alpha value is -2.80. The first-order valence-corrected chi connectivity index (χ1v) is 11.8. The number of benzene rings is 2. The molecule has 1 aliphatic rings. The number of aliphatic imine (C=N–C) groups is 2. The van der Waals surface area contributed by atoms with Gasteiger partial charge in [-0.1, -0.05) is 37.2 Å². The maximum atomic E-state index is 12.4. The van der Waals surface area contributed by atoms with Crippen LogP contribution >= 0.6 is 11.8 Å². The summed E-state index contributed by atoms with van der Waals surface area (Å²) in [5.41, 5.74) is 2.28. The maximum absolute atomic E-state index is 12.4. The highest BCUT2D eigenvalue weighted by Crippen LogP contribution is 2.27. The fourth-order valence-corrected chi connectivity index (χ4v) is 4.07. The molecule has 1 N–H and O–H groups in total. The Balaban J connectivity index is 1.56. The molecule has 3 rings (SSSR count). The van der Waals surface area contributed by atoms with E-state index in [1.807, 2.05) is 62.4 Å². The van der Waals surface area contributed by atoms with Crippen molar-refractivity contribution in [2.45, 2.75) is 45.8 Å². The Morgan fingerprint density at radius 1 is 1.03 bits per heavy atom. The lowest BCUT2D eigenvalue weighted by atomic mass is 10.1. The van der Waals surface area contributed by atoms with Crippen molar-refractivity contribution >= 4 is 28.4 Å². The van der Waals surface area contributed by atoms with Gasteiger partial charge in [-0.2, -0.15) is 0 Å². The zero-order valence-electron chi connectivity index (χ0n) is 19.2. The molecule has 1 heterocycles. The van der Waals surface area contributed by atoms with Crippen LogP contribution in [0, 0.1) is 0 Å². The lowest BCUT2D eigenvalue weighted by molar-refractivity contribution is -0.118. The number of nitrogens with one attached hydrogen (secondary N) is 1. The Morgan fingerprint density at radius 3 is 2.38 bits per heavy atom. The first kappa shape index (κ1) is 23.9. The molecule has 0 fully saturated rings. The van der Waals surface area contributed by atoms with Crippen molar-refractivity contribution in [1.82, 2.24) is 5.32 Å². The second kappa shape index (κ2) is 11.2. The molecule has 0 bridgehead atoms. The van der Waals surface area contributed by atoms with Crippen LogP contribution in [0.25, 0.3) is 0 Å². The van der Waals surface area contributed by atoms with E-state index in [-0.39, 0.29) is 11.7 Å². The molecule has 0 saturated carbocycles. The minimum atomic E-state index is -0.534. The number of methoxy groups -OCH3 is 1. The lowest BCUT2D eigenvalue weighted by Gasteiger charge is -2.09. The molecule has 0 saturated heterocycles. The van der Waals surface area contributed by atoms with Crippen molar-refractivity contribution in [2.75, 3.05) is 19.5 Å². The van der Waals surface area contributed by atoms with E-state index in [2.05, 4.69) is 12.2 Å². The first-order chi connectivity index (χ1) is 15.4. The van der Waals surface area contributed by atoms with Crippen LogP contribution in [0.5, 0.6) is 11.5 Å². The third kappa shape index (κ3) is 6.85. The Labute approximate surface area is 194 Å². The van der Waals surface area contributed by atoms with E-state index in [9.17, 15) is 4.79 Å². The van der Waals surface area contributed by atoms with Crippen molar-refractivity contribution < 1.29 is 14.3 Å². The minimum absolute atomic E-state index is 0.0442. The molecule has 0 aromatic heterocycles. The SMILES string of the molecule is CCCCOc1ccc(C2=NC(C)(C)N=C2SCC(=O)NCc2ccc(OC)cc2)cc1. The topological polar surface area (TPSA) is 72.3 Å². The molecule has 0 unspecified atom stereocenters. The summed E-state index contributed by atoms with van der Waals surface area (Å²) in [5, 5.41) is 3.74. The van der Waals surface area contributed by atoms with E-state index < -0.39 is 5.66 Å². The molecule has 1 amide bonds. The second-order valence-corrected chi connectivity index (χ2v) is 8.98. The van der Waals surface area contributed by atoms with Crippen LogP contribution in [0.1, 0.15) is 44.7 Å². The van der Waals surface area contributed by atoms with Gasteiger partial charge >= 0.3 is 0 Å². The molecule has 1 aliphatic heterocycles.